The molecule has 2 rings (SSSR count). The maximum atomic E-state index is 11.7. The number of benzene rings is 1. The molecule has 108 valence electrons. The first-order valence-corrected chi connectivity index (χ1v) is 6.55. The molecule has 1 amide bonds. The van der Waals surface area contributed by atoms with Gasteiger partial charge in [0.2, 0.25) is 0 Å². The third-order valence-electron chi connectivity index (χ3n) is 3.76. The third-order valence-corrected chi connectivity index (χ3v) is 3.76. The Hall–Kier alpha value is -1.73. The first kappa shape index (κ1) is 16.3. The molecule has 0 aromatic heterocycles. The van der Waals surface area contributed by atoms with Crippen LogP contribution < -0.4 is 4.90 Å². The Morgan fingerprint density at radius 3 is 2.50 bits per heavy atom. The summed E-state index contributed by atoms with van der Waals surface area (Å²) in [6.45, 7) is 14.1. The second-order valence-corrected chi connectivity index (χ2v) is 4.90. The Morgan fingerprint density at radius 2 is 1.90 bits per heavy atom. The van der Waals surface area contributed by atoms with E-state index in [9.17, 15) is 4.79 Å². The van der Waals surface area contributed by atoms with Gasteiger partial charge in [-0.05, 0) is 31.0 Å². The number of hydrogen-bond donors (Lipinski definition) is 0. The molecule has 1 saturated heterocycles. The Balaban J connectivity index is 0.00000200. The van der Waals surface area contributed by atoms with E-state index < -0.39 is 0 Å². The van der Waals surface area contributed by atoms with Crippen LogP contribution >= 0.6 is 12.4 Å². The van der Waals surface area contributed by atoms with Crippen molar-refractivity contribution in [2.24, 2.45) is 0 Å². The van der Waals surface area contributed by atoms with Crippen LogP contribution in [0, 0.1) is 20.4 Å². The first-order chi connectivity index (χ1) is 9.13. The Bertz CT molecular complexity index is 516. The smallest absolute Gasteiger partial charge is 0.302 e. The van der Waals surface area contributed by atoms with Crippen LogP contribution in [0.25, 0.3) is 4.85 Å². The van der Waals surface area contributed by atoms with Crippen molar-refractivity contribution in [2.75, 3.05) is 37.6 Å². The summed E-state index contributed by atoms with van der Waals surface area (Å²) in [6.07, 6.45) is 0. The van der Waals surface area contributed by atoms with Crippen molar-refractivity contribution in [2.45, 2.75) is 13.8 Å². The summed E-state index contributed by atoms with van der Waals surface area (Å²) in [6, 6.07) is 6.33. The van der Waals surface area contributed by atoms with Gasteiger partial charge in [-0.25, -0.2) is 6.57 Å². The van der Waals surface area contributed by atoms with Crippen LogP contribution in [-0.2, 0) is 4.79 Å². The van der Waals surface area contributed by atoms with Crippen molar-refractivity contribution in [3.05, 3.63) is 40.7 Å². The highest BCUT2D eigenvalue weighted by Crippen LogP contribution is 2.23. The number of hydrogen-bond acceptors (Lipinski definition) is 2. The molecule has 0 unspecified atom stereocenters. The highest BCUT2D eigenvalue weighted by molar-refractivity contribution is 5.85. The molecule has 1 aliphatic heterocycles. The van der Waals surface area contributed by atoms with Gasteiger partial charge < -0.3 is 14.6 Å². The molecule has 4 nitrogen and oxygen atoms in total. The molecule has 0 aliphatic carbocycles. The normalized spacial score (nSPS) is 14.4. The fourth-order valence-electron chi connectivity index (χ4n) is 2.44. The number of carbonyl (C=O) groups excluding carboxylic acids is 1. The third kappa shape index (κ3) is 3.43. The molecule has 0 radical (unpaired) electrons. The van der Waals surface area contributed by atoms with Crippen molar-refractivity contribution in [1.82, 2.24) is 4.90 Å². The number of halogens is 1. The largest absolute Gasteiger partial charge is 0.368 e. The number of carbonyl (C=O) groups is 1. The number of amides is 1. The van der Waals surface area contributed by atoms with Gasteiger partial charge in [0.1, 0.15) is 0 Å². The van der Waals surface area contributed by atoms with Crippen LogP contribution in [0.5, 0.6) is 0 Å². The van der Waals surface area contributed by atoms with Crippen LogP contribution in [-0.4, -0.2) is 43.5 Å². The average molecular weight is 294 g/mol. The lowest BCUT2D eigenvalue weighted by molar-refractivity contribution is -0.129. The minimum Gasteiger partial charge on any atom is -0.368 e. The van der Waals surface area contributed by atoms with Crippen LogP contribution in [0.15, 0.2) is 18.2 Å². The summed E-state index contributed by atoms with van der Waals surface area (Å²) in [5.74, 6) is -0.0457. The number of nitrogens with zero attached hydrogens (tertiary/aromatic N) is 3. The summed E-state index contributed by atoms with van der Waals surface area (Å²) >= 11 is 0. The summed E-state index contributed by atoms with van der Waals surface area (Å²) in [4.78, 5) is 18.9. The molecule has 1 fully saturated rings. The van der Waals surface area contributed by atoms with E-state index in [1.165, 1.54) is 16.8 Å². The van der Waals surface area contributed by atoms with Gasteiger partial charge in [0.05, 0.1) is 0 Å². The molecule has 0 spiro atoms. The molecule has 0 saturated carbocycles. The van der Waals surface area contributed by atoms with E-state index in [-0.39, 0.29) is 24.9 Å². The van der Waals surface area contributed by atoms with Crippen molar-refractivity contribution < 1.29 is 4.79 Å². The molecule has 1 aromatic rings. The second kappa shape index (κ2) is 7.16. The summed E-state index contributed by atoms with van der Waals surface area (Å²) in [7, 11) is 0. The number of aryl methyl sites for hydroxylation is 1. The topological polar surface area (TPSA) is 27.9 Å². The number of rotatable bonds is 2. The van der Waals surface area contributed by atoms with E-state index in [1.54, 1.807) is 4.90 Å². The highest BCUT2D eigenvalue weighted by atomic mass is 35.5. The Labute approximate surface area is 126 Å². The summed E-state index contributed by atoms with van der Waals surface area (Å²) in [5.41, 5.74) is 3.87. The molecule has 1 aliphatic rings. The Kier molecular flexibility index (Phi) is 5.84. The lowest BCUT2D eigenvalue weighted by atomic mass is 10.1. The maximum absolute atomic E-state index is 11.7. The minimum absolute atomic E-state index is 0. The SMILES string of the molecule is Cl.[C-]#[N+]CC(=O)N1CCN(c2cccc(C)c2C)CC1. The minimum atomic E-state index is -0.0457. The zero-order chi connectivity index (χ0) is 13.8. The average Bonchev–Trinajstić information content (AvgIpc) is 2.42. The molecular formula is C15H20ClN3O. The zero-order valence-corrected chi connectivity index (χ0v) is 12.7. The molecule has 0 bridgehead atoms. The molecule has 1 heterocycles. The zero-order valence-electron chi connectivity index (χ0n) is 11.9. The lowest BCUT2D eigenvalue weighted by Gasteiger charge is -2.36. The van der Waals surface area contributed by atoms with E-state index in [1.807, 2.05) is 0 Å². The Morgan fingerprint density at radius 1 is 1.25 bits per heavy atom. The molecule has 5 heteroatoms. The van der Waals surface area contributed by atoms with E-state index in [4.69, 9.17) is 6.57 Å². The maximum Gasteiger partial charge on any atom is 0.302 e. The van der Waals surface area contributed by atoms with Crippen LogP contribution in [0.1, 0.15) is 11.1 Å². The van der Waals surface area contributed by atoms with Gasteiger partial charge in [-0.1, -0.05) is 12.1 Å². The number of anilines is 1. The number of piperazine rings is 1. The van der Waals surface area contributed by atoms with Gasteiger partial charge in [-0.2, -0.15) is 0 Å². The predicted octanol–water partition coefficient (Wildman–Crippen LogP) is 2.29. The van der Waals surface area contributed by atoms with Crippen LogP contribution in [0.4, 0.5) is 5.69 Å². The van der Waals surface area contributed by atoms with Crippen molar-refractivity contribution in [1.29, 1.82) is 0 Å². The van der Waals surface area contributed by atoms with Crippen LogP contribution in [0.3, 0.4) is 0 Å². The highest BCUT2D eigenvalue weighted by Gasteiger charge is 2.23. The van der Waals surface area contributed by atoms with Crippen LogP contribution in [0.2, 0.25) is 0 Å². The fourth-order valence-corrected chi connectivity index (χ4v) is 2.44. The van der Waals surface area contributed by atoms with Gasteiger partial charge in [-0.3, -0.25) is 4.79 Å². The quantitative estimate of drug-likeness (QED) is 0.783. The van der Waals surface area contributed by atoms with Gasteiger partial charge in [0.15, 0.2) is 0 Å². The van der Waals surface area contributed by atoms with Gasteiger partial charge in [0, 0.05) is 31.9 Å². The lowest BCUT2D eigenvalue weighted by Crippen LogP contribution is -2.49. The molecular weight excluding hydrogens is 274 g/mol. The monoisotopic (exact) mass is 293 g/mol. The summed E-state index contributed by atoms with van der Waals surface area (Å²) < 4.78 is 0. The van der Waals surface area contributed by atoms with Crippen molar-refractivity contribution >= 4 is 24.0 Å². The van der Waals surface area contributed by atoms with E-state index in [0.29, 0.717) is 13.1 Å². The van der Waals surface area contributed by atoms with E-state index in [0.717, 1.165) is 13.1 Å². The molecule has 0 atom stereocenters. The van der Waals surface area contributed by atoms with E-state index >= 15 is 0 Å². The second-order valence-electron chi connectivity index (χ2n) is 4.90. The van der Waals surface area contributed by atoms with Crippen molar-refractivity contribution in [3.63, 3.8) is 0 Å². The molecule has 20 heavy (non-hydrogen) atoms. The fraction of sp³-hybridized carbons (Fsp3) is 0.467. The van der Waals surface area contributed by atoms with Gasteiger partial charge in [-0.15, -0.1) is 12.4 Å². The van der Waals surface area contributed by atoms with Gasteiger partial charge in [0.25, 0.3) is 6.54 Å². The predicted molar refractivity (Wildman–Crippen MR) is 83.4 cm³/mol. The summed E-state index contributed by atoms with van der Waals surface area (Å²) in [5, 5.41) is 0. The van der Waals surface area contributed by atoms with Gasteiger partial charge >= 0.3 is 5.91 Å². The van der Waals surface area contributed by atoms with E-state index in [2.05, 4.69) is 41.8 Å². The standard InChI is InChI=1S/C15H19N3O.ClH/c1-12-5-4-6-14(13(12)2)17-7-9-18(10-8-17)15(19)11-16-3;/h4-6H,7-11H2,1-2H3;1H. The molecule has 1 aromatic carbocycles. The first-order valence-electron chi connectivity index (χ1n) is 6.55. The van der Waals surface area contributed by atoms with Crippen molar-refractivity contribution in [3.8, 4) is 0 Å². The molecule has 0 N–H and O–H groups in total.